The van der Waals surface area contributed by atoms with Crippen molar-refractivity contribution in [3.8, 4) is 5.69 Å². The minimum atomic E-state index is -0.387. The van der Waals surface area contributed by atoms with Crippen molar-refractivity contribution in [3.05, 3.63) is 66.7 Å². The molecule has 1 amide bonds. The van der Waals surface area contributed by atoms with E-state index < -0.39 is 0 Å². The van der Waals surface area contributed by atoms with Crippen LogP contribution in [0.2, 0.25) is 0 Å². The monoisotopic (exact) mass is 342 g/mol. The third-order valence-corrected chi connectivity index (χ3v) is 4.37. The third-order valence-electron chi connectivity index (χ3n) is 3.31. The lowest BCUT2D eigenvalue weighted by atomic mass is 10.3. The lowest BCUT2D eigenvalue weighted by Crippen LogP contribution is -2.22. The molecule has 0 radical (unpaired) electrons. The Kier molecular flexibility index (Phi) is 4.90. The Morgan fingerprint density at radius 3 is 2.58 bits per heavy atom. The third kappa shape index (κ3) is 3.80. The normalized spacial score (nSPS) is 11.9. The molecule has 0 saturated heterocycles. The molecule has 5 nitrogen and oxygen atoms in total. The van der Waals surface area contributed by atoms with Gasteiger partial charge < -0.3 is 5.32 Å². The molecule has 3 rings (SSSR count). The van der Waals surface area contributed by atoms with E-state index in [9.17, 15) is 9.18 Å². The van der Waals surface area contributed by atoms with E-state index in [1.165, 1.54) is 36.0 Å². The Morgan fingerprint density at radius 1 is 1.17 bits per heavy atom. The highest BCUT2D eigenvalue weighted by Gasteiger charge is 2.18. The predicted molar refractivity (Wildman–Crippen MR) is 91.7 cm³/mol. The second kappa shape index (κ2) is 7.27. The van der Waals surface area contributed by atoms with Crippen LogP contribution in [-0.2, 0) is 4.79 Å². The summed E-state index contributed by atoms with van der Waals surface area (Å²) in [4.78, 5) is 12.3. The van der Waals surface area contributed by atoms with Crippen molar-refractivity contribution in [1.29, 1.82) is 0 Å². The first-order valence-corrected chi connectivity index (χ1v) is 8.20. The molecule has 24 heavy (non-hydrogen) atoms. The van der Waals surface area contributed by atoms with E-state index in [2.05, 4.69) is 15.5 Å². The van der Waals surface area contributed by atoms with Gasteiger partial charge in [0, 0.05) is 11.4 Å². The second-order valence-electron chi connectivity index (χ2n) is 5.08. The molecule has 7 heteroatoms. The highest BCUT2D eigenvalue weighted by molar-refractivity contribution is 8.00. The summed E-state index contributed by atoms with van der Waals surface area (Å²) in [5.74, 6) is -0.527. The minimum Gasteiger partial charge on any atom is -0.325 e. The van der Waals surface area contributed by atoms with Gasteiger partial charge in [0.05, 0.1) is 5.25 Å². The van der Waals surface area contributed by atoms with E-state index >= 15 is 0 Å². The van der Waals surface area contributed by atoms with E-state index in [0.29, 0.717) is 10.8 Å². The van der Waals surface area contributed by atoms with Crippen molar-refractivity contribution in [2.75, 3.05) is 5.32 Å². The summed E-state index contributed by atoms with van der Waals surface area (Å²) < 4.78 is 14.7. The fourth-order valence-corrected chi connectivity index (χ4v) is 2.90. The smallest absolute Gasteiger partial charge is 0.237 e. The molecule has 1 atom stereocenters. The lowest BCUT2D eigenvalue weighted by Gasteiger charge is -2.12. The van der Waals surface area contributed by atoms with Crippen LogP contribution < -0.4 is 5.32 Å². The van der Waals surface area contributed by atoms with Crippen LogP contribution >= 0.6 is 11.8 Å². The van der Waals surface area contributed by atoms with Crippen LogP contribution in [-0.4, -0.2) is 25.9 Å². The maximum Gasteiger partial charge on any atom is 0.237 e. The van der Waals surface area contributed by atoms with Crippen molar-refractivity contribution in [3.63, 3.8) is 0 Å². The number of rotatable bonds is 5. The molecular weight excluding hydrogens is 327 g/mol. The molecule has 0 aliphatic heterocycles. The van der Waals surface area contributed by atoms with Gasteiger partial charge in [-0.3, -0.25) is 9.36 Å². The van der Waals surface area contributed by atoms with Gasteiger partial charge in [0.1, 0.15) is 12.1 Å². The molecular formula is C17H15FN4OS. The number of amides is 1. The molecule has 0 saturated carbocycles. The van der Waals surface area contributed by atoms with Gasteiger partial charge >= 0.3 is 0 Å². The SMILES string of the molecule is C[C@H](Sc1nncn1-c1ccccc1)C(=O)Nc1ccc(F)cc1. The van der Waals surface area contributed by atoms with Crippen molar-refractivity contribution in [1.82, 2.24) is 14.8 Å². The average molecular weight is 342 g/mol. The quantitative estimate of drug-likeness (QED) is 0.721. The van der Waals surface area contributed by atoms with E-state index in [0.717, 1.165) is 5.69 Å². The summed E-state index contributed by atoms with van der Waals surface area (Å²) >= 11 is 1.31. The van der Waals surface area contributed by atoms with Gasteiger partial charge in [-0.2, -0.15) is 0 Å². The van der Waals surface area contributed by atoms with Crippen LogP contribution in [0.1, 0.15) is 6.92 Å². The number of anilines is 1. The fraction of sp³-hybridized carbons (Fsp3) is 0.118. The number of thioether (sulfide) groups is 1. The standard InChI is InChI=1S/C17H15FN4OS/c1-12(16(23)20-14-9-7-13(18)8-10-14)24-17-21-19-11-22(17)15-5-3-2-4-6-15/h2-12H,1H3,(H,20,23)/t12-/m0/s1. The molecule has 2 aromatic carbocycles. The molecule has 1 heterocycles. The van der Waals surface area contributed by atoms with Crippen molar-refractivity contribution in [2.24, 2.45) is 0 Å². The van der Waals surface area contributed by atoms with Crippen LogP contribution in [0, 0.1) is 5.82 Å². The fourth-order valence-electron chi connectivity index (χ4n) is 2.06. The van der Waals surface area contributed by atoms with Gasteiger partial charge in [-0.15, -0.1) is 10.2 Å². The number of halogens is 1. The molecule has 0 spiro atoms. The number of carbonyl (C=O) groups is 1. The van der Waals surface area contributed by atoms with E-state index in [4.69, 9.17) is 0 Å². The van der Waals surface area contributed by atoms with E-state index in [1.807, 2.05) is 34.9 Å². The number of benzene rings is 2. The molecule has 1 N–H and O–H groups in total. The van der Waals surface area contributed by atoms with Gasteiger partial charge in [0.15, 0.2) is 5.16 Å². The van der Waals surface area contributed by atoms with Crippen LogP contribution in [0.15, 0.2) is 66.1 Å². The van der Waals surface area contributed by atoms with Gasteiger partial charge in [-0.05, 0) is 43.3 Å². The number of para-hydroxylation sites is 1. The maximum atomic E-state index is 12.9. The van der Waals surface area contributed by atoms with E-state index in [-0.39, 0.29) is 17.0 Å². The highest BCUT2D eigenvalue weighted by atomic mass is 32.2. The zero-order chi connectivity index (χ0) is 16.9. The Morgan fingerprint density at radius 2 is 1.88 bits per heavy atom. The Hall–Kier alpha value is -2.67. The summed E-state index contributed by atoms with van der Waals surface area (Å²) in [6.45, 7) is 1.79. The Balaban J connectivity index is 1.69. The first-order valence-electron chi connectivity index (χ1n) is 7.32. The second-order valence-corrected chi connectivity index (χ2v) is 6.38. The van der Waals surface area contributed by atoms with Crippen molar-refractivity contribution < 1.29 is 9.18 Å². The van der Waals surface area contributed by atoms with Gasteiger partial charge in [0.25, 0.3) is 0 Å². The first kappa shape index (κ1) is 16.2. The predicted octanol–water partition coefficient (Wildman–Crippen LogP) is 3.53. The Labute approximate surface area is 142 Å². The minimum absolute atomic E-state index is 0.186. The van der Waals surface area contributed by atoms with E-state index in [1.54, 1.807) is 13.3 Å². The molecule has 1 aromatic heterocycles. The van der Waals surface area contributed by atoms with Gasteiger partial charge in [0.2, 0.25) is 5.91 Å². The lowest BCUT2D eigenvalue weighted by molar-refractivity contribution is -0.115. The Bertz CT molecular complexity index is 820. The van der Waals surface area contributed by atoms with Crippen LogP contribution in [0.25, 0.3) is 5.69 Å². The number of nitrogens with one attached hydrogen (secondary N) is 1. The molecule has 0 aliphatic carbocycles. The number of aromatic nitrogens is 3. The van der Waals surface area contributed by atoms with Crippen LogP contribution in [0.3, 0.4) is 0 Å². The molecule has 0 fully saturated rings. The van der Waals surface area contributed by atoms with Crippen LogP contribution in [0.4, 0.5) is 10.1 Å². The number of hydrogen-bond acceptors (Lipinski definition) is 4. The average Bonchev–Trinajstić information content (AvgIpc) is 3.05. The molecule has 0 aliphatic rings. The number of carbonyl (C=O) groups excluding carboxylic acids is 1. The number of nitrogens with zero attached hydrogens (tertiary/aromatic N) is 3. The highest BCUT2D eigenvalue weighted by Crippen LogP contribution is 2.24. The van der Waals surface area contributed by atoms with Crippen molar-refractivity contribution >= 4 is 23.4 Å². The molecule has 3 aromatic rings. The first-order chi connectivity index (χ1) is 11.6. The van der Waals surface area contributed by atoms with Crippen LogP contribution in [0.5, 0.6) is 0 Å². The summed E-state index contributed by atoms with van der Waals surface area (Å²) in [5.41, 5.74) is 1.48. The molecule has 122 valence electrons. The largest absolute Gasteiger partial charge is 0.325 e. The number of hydrogen-bond donors (Lipinski definition) is 1. The zero-order valence-electron chi connectivity index (χ0n) is 12.9. The summed E-state index contributed by atoms with van der Waals surface area (Å²) in [7, 11) is 0. The molecule has 0 unspecified atom stereocenters. The summed E-state index contributed by atoms with van der Waals surface area (Å²) in [6.07, 6.45) is 1.61. The molecule has 0 bridgehead atoms. The summed E-state index contributed by atoms with van der Waals surface area (Å²) in [5, 5.41) is 11.0. The van der Waals surface area contributed by atoms with Gasteiger partial charge in [-0.1, -0.05) is 30.0 Å². The maximum absolute atomic E-state index is 12.9. The van der Waals surface area contributed by atoms with Crippen molar-refractivity contribution in [2.45, 2.75) is 17.3 Å². The zero-order valence-corrected chi connectivity index (χ0v) is 13.7. The van der Waals surface area contributed by atoms with Gasteiger partial charge in [-0.25, -0.2) is 4.39 Å². The summed E-state index contributed by atoms with van der Waals surface area (Å²) in [6, 6.07) is 15.3. The topological polar surface area (TPSA) is 59.8 Å².